The predicted octanol–water partition coefficient (Wildman–Crippen LogP) is 5.38. The van der Waals surface area contributed by atoms with Crippen molar-refractivity contribution in [2.75, 3.05) is 4.90 Å². The maximum atomic E-state index is 13.4. The molecular formula is C31H26N2O6. The fourth-order valence-corrected chi connectivity index (χ4v) is 4.05. The molecule has 0 saturated carbocycles. The van der Waals surface area contributed by atoms with Crippen LogP contribution in [0.5, 0.6) is 0 Å². The zero-order valence-corrected chi connectivity index (χ0v) is 20.9. The number of aliphatic carboxylic acids is 2. The number of anilines is 2. The summed E-state index contributed by atoms with van der Waals surface area (Å²) < 4.78 is 0. The highest BCUT2D eigenvalue weighted by Gasteiger charge is 2.22. The Morgan fingerprint density at radius 2 is 1.15 bits per heavy atom. The molecule has 0 spiro atoms. The molecule has 0 aliphatic rings. The largest absolute Gasteiger partial charge is 0.481 e. The molecule has 0 aromatic heterocycles. The second kappa shape index (κ2) is 12.3. The van der Waals surface area contributed by atoms with Crippen LogP contribution in [0.3, 0.4) is 0 Å². The Bertz CT molecular complexity index is 1450. The minimum absolute atomic E-state index is 0.159. The third kappa shape index (κ3) is 6.75. The SMILES string of the molecule is O=C(O)CC[C@H](NC(=O)c1ccc(-c2ccc(N(C(=O)c3ccccc3)c3ccccc3)cc2)cc1)C(=O)O. The number of nitrogens with zero attached hydrogens (tertiary/aromatic N) is 1. The molecule has 0 unspecified atom stereocenters. The van der Waals surface area contributed by atoms with E-state index in [2.05, 4.69) is 5.32 Å². The molecule has 2 amide bonds. The van der Waals surface area contributed by atoms with Gasteiger partial charge in [-0.2, -0.15) is 0 Å². The minimum atomic E-state index is -1.30. The molecule has 1 atom stereocenters. The number of para-hydroxylation sites is 1. The summed E-state index contributed by atoms with van der Waals surface area (Å²) in [5, 5.41) is 20.4. The van der Waals surface area contributed by atoms with Crippen LogP contribution in [-0.4, -0.2) is 40.0 Å². The summed E-state index contributed by atoms with van der Waals surface area (Å²) in [5.74, 6) is -3.20. The molecule has 0 radical (unpaired) electrons. The highest BCUT2D eigenvalue weighted by atomic mass is 16.4. The third-order valence-corrected chi connectivity index (χ3v) is 6.09. The Morgan fingerprint density at radius 1 is 0.641 bits per heavy atom. The van der Waals surface area contributed by atoms with Gasteiger partial charge in [0.2, 0.25) is 0 Å². The van der Waals surface area contributed by atoms with Crippen LogP contribution in [0.25, 0.3) is 11.1 Å². The average Bonchev–Trinajstić information content (AvgIpc) is 2.96. The molecule has 8 nitrogen and oxygen atoms in total. The predicted molar refractivity (Wildman–Crippen MR) is 147 cm³/mol. The zero-order valence-electron chi connectivity index (χ0n) is 20.9. The highest BCUT2D eigenvalue weighted by molar-refractivity contribution is 6.11. The standard InChI is InChI=1S/C31H26N2O6/c34-28(35)20-19-27(31(38)39)32-29(36)23-13-11-21(12-14-23)22-15-17-26(18-16-22)33(25-9-5-2-6-10-25)30(37)24-7-3-1-4-8-24/h1-18,27H,19-20H2,(H,32,36)(H,34,35)(H,38,39)/t27-/m0/s1. The molecule has 0 aliphatic heterocycles. The number of hydrogen-bond donors (Lipinski definition) is 3. The number of carboxylic acid groups (broad SMARTS) is 2. The number of carboxylic acids is 2. The number of amides is 2. The van der Waals surface area contributed by atoms with Crippen LogP contribution in [0.2, 0.25) is 0 Å². The third-order valence-electron chi connectivity index (χ3n) is 6.09. The normalized spacial score (nSPS) is 11.3. The second-order valence-electron chi connectivity index (χ2n) is 8.76. The van der Waals surface area contributed by atoms with Crippen LogP contribution in [0.1, 0.15) is 33.6 Å². The summed E-state index contributed by atoms with van der Waals surface area (Å²) in [4.78, 5) is 49.7. The van der Waals surface area contributed by atoms with Gasteiger partial charge >= 0.3 is 11.9 Å². The quantitative estimate of drug-likeness (QED) is 0.257. The van der Waals surface area contributed by atoms with E-state index in [0.717, 1.165) is 16.8 Å². The van der Waals surface area contributed by atoms with E-state index in [1.54, 1.807) is 41.3 Å². The summed E-state index contributed by atoms with van der Waals surface area (Å²) in [5.41, 5.74) is 3.91. The van der Waals surface area contributed by atoms with E-state index in [4.69, 9.17) is 5.11 Å². The summed E-state index contributed by atoms with van der Waals surface area (Å²) >= 11 is 0. The van der Waals surface area contributed by atoms with Crippen LogP contribution in [0, 0.1) is 0 Å². The molecule has 0 saturated heterocycles. The number of nitrogens with one attached hydrogen (secondary N) is 1. The van der Waals surface area contributed by atoms with E-state index in [1.165, 1.54) is 0 Å². The van der Waals surface area contributed by atoms with E-state index >= 15 is 0 Å². The molecule has 8 heteroatoms. The molecule has 0 fully saturated rings. The van der Waals surface area contributed by atoms with Crippen molar-refractivity contribution in [1.29, 1.82) is 0 Å². The monoisotopic (exact) mass is 522 g/mol. The zero-order chi connectivity index (χ0) is 27.8. The molecule has 4 rings (SSSR count). The number of hydrogen-bond acceptors (Lipinski definition) is 4. The van der Waals surface area contributed by atoms with Gasteiger partial charge in [0, 0.05) is 28.9 Å². The van der Waals surface area contributed by atoms with Crippen molar-refractivity contribution >= 4 is 35.1 Å². The van der Waals surface area contributed by atoms with Gasteiger partial charge < -0.3 is 15.5 Å². The van der Waals surface area contributed by atoms with Crippen molar-refractivity contribution in [2.24, 2.45) is 0 Å². The van der Waals surface area contributed by atoms with Gasteiger partial charge in [-0.25, -0.2) is 4.79 Å². The Balaban J connectivity index is 1.52. The molecule has 39 heavy (non-hydrogen) atoms. The van der Waals surface area contributed by atoms with Gasteiger partial charge in [0.1, 0.15) is 6.04 Å². The fraction of sp³-hybridized carbons (Fsp3) is 0.0968. The molecule has 0 heterocycles. The maximum Gasteiger partial charge on any atom is 0.326 e. The lowest BCUT2D eigenvalue weighted by Gasteiger charge is -2.23. The van der Waals surface area contributed by atoms with Gasteiger partial charge in [0.05, 0.1) is 0 Å². The van der Waals surface area contributed by atoms with Crippen molar-refractivity contribution < 1.29 is 29.4 Å². The number of benzene rings is 4. The minimum Gasteiger partial charge on any atom is -0.481 e. The van der Waals surface area contributed by atoms with Crippen LogP contribution < -0.4 is 10.2 Å². The summed E-state index contributed by atoms with van der Waals surface area (Å²) in [6.07, 6.45) is -0.585. The van der Waals surface area contributed by atoms with Gasteiger partial charge in [-0.1, -0.05) is 60.7 Å². The first-order chi connectivity index (χ1) is 18.8. The van der Waals surface area contributed by atoms with Gasteiger partial charge in [-0.3, -0.25) is 19.3 Å². The molecule has 196 valence electrons. The van der Waals surface area contributed by atoms with Crippen LogP contribution in [0.15, 0.2) is 109 Å². The number of carbonyl (C=O) groups is 4. The fourth-order valence-electron chi connectivity index (χ4n) is 4.05. The van der Waals surface area contributed by atoms with E-state index < -0.39 is 23.9 Å². The van der Waals surface area contributed by atoms with Crippen LogP contribution >= 0.6 is 0 Å². The first kappa shape index (κ1) is 26.8. The smallest absolute Gasteiger partial charge is 0.326 e. The number of rotatable bonds is 10. The van der Waals surface area contributed by atoms with Gasteiger partial charge in [-0.05, 0) is 66.1 Å². The topological polar surface area (TPSA) is 124 Å². The van der Waals surface area contributed by atoms with E-state index in [9.17, 15) is 24.3 Å². The van der Waals surface area contributed by atoms with Crippen molar-refractivity contribution in [3.8, 4) is 11.1 Å². The van der Waals surface area contributed by atoms with Crippen molar-refractivity contribution in [1.82, 2.24) is 5.32 Å². The summed E-state index contributed by atoms with van der Waals surface area (Å²) in [6.45, 7) is 0. The number of carbonyl (C=O) groups excluding carboxylic acids is 2. The lowest BCUT2D eigenvalue weighted by molar-refractivity contribution is -0.140. The van der Waals surface area contributed by atoms with Crippen LogP contribution in [0.4, 0.5) is 11.4 Å². The summed E-state index contributed by atoms with van der Waals surface area (Å²) in [7, 11) is 0. The van der Waals surface area contributed by atoms with Crippen molar-refractivity contribution in [2.45, 2.75) is 18.9 Å². The molecule has 3 N–H and O–H groups in total. The Hall–Kier alpha value is -5.24. The van der Waals surface area contributed by atoms with E-state index in [0.29, 0.717) is 11.3 Å². The molecular weight excluding hydrogens is 496 g/mol. The molecule has 4 aromatic carbocycles. The van der Waals surface area contributed by atoms with Crippen molar-refractivity contribution in [3.05, 3.63) is 120 Å². The molecule has 0 bridgehead atoms. The van der Waals surface area contributed by atoms with Gasteiger partial charge in [0.25, 0.3) is 11.8 Å². The van der Waals surface area contributed by atoms with Crippen LogP contribution in [-0.2, 0) is 9.59 Å². The summed E-state index contributed by atoms with van der Waals surface area (Å²) in [6, 6.07) is 31.2. The van der Waals surface area contributed by atoms with Gasteiger partial charge in [-0.15, -0.1) is 0 Å². The first-order valence-electron chi connectivity index (χ1n) is 12.2. The lowest BCUT2D eigenvalue weighted by atomic mass is 10.0. The molecule has 0 aliphatic carbocycles. The average molecular weight is 523 g/mol. The maximum absolute atomic E-state index is 13.4. The Labute approximate surface area is 225 Å². The highest BCUT2D eigenvalue weighted by Crippen LogP contribution is 2.30. The van der Waals surface area contributed by atoms with Crippen molar-refractivity contribution in [3.63, 3.8) is 0 Å². The van der Waals surface area contributed by atoms with Gasteiger partial charge in [0.15, 0.2) is 0 Å². The first-order valence-corrected chi connectivity index (χ1v) is 12.2. The Kier molecular flexibility index (Phi) is 8.48. The Morgan fingerprint density at radius 3 is 1.69 bits per heavy atom. The van der Waals surface area contributed by atoms with E-state index in [1.807, 2.05) is 72.8 Å². The second-order valence-corrected chi connectivity index (χ2v) is 8.76. The molecule has 4 aromatic rings. The van der Waals surface area contributed by atoms with E-state index in [-0.39, 0.29) is 24.3 Å². The lowest BCUT2D eigenvalue weighted by Crippen LogP contribution is -2.41.